The van der Waals surface area contributed by atoms with Crippen molar-refractivity contribution in [1.29, 1.82) is 0 Å². The molecule has 0 spiro atoms. The van der Waals surface area contributed by atoms with Gasteiger partial charge < -0.3 is 15.7 Å². The maximum Gasteiger partial charge on any atom is 0.335 e. The number of carbonyl (C=O) groups excluding carboxylic acids is 2. The van der Waals surface area contributed by atoms with Gasteiger partial charge in [0.15, 0.2) is 0 Å². The number of benzene rings is 1. The summed E-state index contributed by atoms with van der Waals surface area (Å²) < 4.78 is 0. The molecule has 0 aliphatic heterocycles. The van der Waals surface area contributed by atoms with Gasteiger partial charge in [0.25, 0.3) is 0 Å². The molecular weight excluding hydrogens is 284 g/mol. The standard InChI is InChI=1S/C16H22N2O4/c1-11(2)18-15(20)9-10-17-14(19)8-5-12-3-6-13(7-4-12)16(21)22/h3-4,6-7,11H,5,8-10H2,1-2H3,(H,17,19)(H,18,20)(H,21,22). The largest absolute Gasteiger partial charge is 0.478 e. The fourth-order valence-electron chi connectivity index (χ4n) is 1.87. The van der Waals surface area contributed by atoms with Crippen LogP contribution in [0, 0.1) is 0 Å². The van der Waals surface area contributed by atoms with E-state index in [0.29, 0.717) is 19.4 Å². The van der Waals surface area contributed by atoms with E-state index >= 15 is 0 Å². The number of aryl methyl sites for hydroxylation is 1. The first kappa shape index (κ1) is 17.7. The SMILES string of the molecule is CC(C)NC(=O)CCNC(=O)CCc1ccc(C(=O)O)cc1. The van der Waals surface area contributed by atoms with Gasteiger partial charge in [0.1, 0.15) is 0 Å². The average molecular weight is 306 g/mol. The molecule has 0 fully saturated rings. The molecule has 0 atom stereocenters. The van der Waals surface area contributed by atoms with Gasteiger partial charge in [-0.3, -0.25) is 9.59 Å². The van der Waals surface area contributed by atoms with Crippen LogP contribution in [0.25, 0.3) is 0 Å². The monoisotopic (exact) mass is 306 g/mol. The molecule has 0 saturated heterocycles. The van der Waals surface area contributed by atoms with Crippen molar-refractivity contribution in [2.45, 2.75) is 39.2 Å². The summed E-state index contributed by atoms with van der Waals surface area (Å²) in [5.41, 5.74) is 1.13. The highest BCUT2D eigenvalue weighted by Gasteiger charge is 2.06. The van der Waals surface area contributed by atoms with Crippen molar-refractivity contribution in [1.82, 2.24) is 10.6 Å². The van der Waals surface area contributed by atoms with Gasteiger partial charge in [0.2, 0.25) is 11.8 Å². The van der Waals surface area contributed by atoms with Crippen LogP contribution in [0.15, 0.2) is 24.3 Å². The second-order valence-corrected chi connectivity index (χ2v) is 5.32. The third kappa shape index (κ3) is 6.88. The van der Waals surface area contributed by atoms with E-state index in [1.54, 1.807) is 12.1 Å². The van der Waals surface area contributed by atoms with Crippen molar-refractivity contribution in [2.75, 3.05) is 6.54 Å². The predicted molar refractivity (Wildman–Crippen MR) is 82.6 cm³/mol. The normalized spacial score (nSPS) is 10.3. The number of nitrogens with one attached hydrogen (secondary N) is 2. The zero-order chi connectivity index (χ0) is 16.5. The van der Waals surface area contributed by atoms with Crippen molar-refractivity contribution in [3.63, 3.8) is 0 Å². The molecule has 0 bridgehead atoms. The van der Waals surface area contributed by atoms with E-state index in [0.717, 1.165) is 5.56 Å². The van der Waals surface area contributed by atoms with Crippen molar-refractivity contribution in [3.8, 4) is 0 Å². The van der Waals surface area contributed by atoms with Crippen LogP contribution in [0.1, 0.15) is 42.6 Å². The smallest absolute Gasteiger partial charge is 0.335 e. The van der Waals surface area contributed by atoms with E-state index in [9.17, 15) is 14.4 Å². The quantitative estimate of drug-likeness (QED) is 0.675. The van der Waals surface area contributed by atoms with Gasteiger partial charge in [-0.2, -0.15) is 0 Å². The maximum atomic E-state index is 11.7. The predicted octanol–water partition coefficient (Wildman–Crippen LogP) is 1.35. The molecule has 22 heavy (non-hydrogen) atoms. The Balaban J connectivity index is 2.25. The maximum absolute atomic E-state index is 11.7. The Bertz CT molecular complexity index is 523. The van der Waals surface area contributed by atoms with Crippen LogP contribution in [-0.4, -0.2) is 35.5 Å². The Hall–Kier alpha value is -2.37. The van der Waals surface area contributed by atoms with Crippen LogP contribution in [0.4, 0.5) is 0 Å². The Labute approximate surface area is 129 Å². The van der Waals surface area contributed by atoms with Gasteiger partial charge in [0, 0.05) is 25.4 Å². The Morgan fingerprint density at radius 2 is 1.68 bits per heavy atom. The highest BCUT2D eigenvalue weighted by Crippen LogP contribution is 2.06. The first-order chi connectivity index (χ1) is 10.4. The van der Waals surface area contributed by atoms with E-state index in [1.165, 1.54) is 12.1 Å². The third-order valence-electron chi connectivity index (χ3n) is 2.97. The summed E-state index contributed by atoms with van der Waals surface area (Å²) >= 11 is 0. The molecule has 1 aromatic rings. The summed E-state index contributed by atoms with van der Waals surface area (Å²) in [5.74, 6) is -1.18. The van der Waals surface area contributed by atoms with Gasteiger partial charge in [-0.15, -0.1) is 0 Å². The lowest BCUT2D eigenvalue weighted by Gasteiger charge is -2.09. The molecule has 120 valence electrons. The highest BCUT2D eigenvalue weighted by atomic mass is 16.4. The molecule has 1 rings (SSSR count). The topological polar surface area (TPSA) is 95.5 Å². The lowest BCUT2D eigenvalue weighted by atomic mass is 10.1. The molecule has 0 aromatic heterocycles. The highest BCUT2D eigenvalue weighted by molar-refractivity contribution is 5.87. The summed E-state index contributed by atoms with van der Waals surface area (Å²) in [5, 5.41) is 14.2. The number of aromatic carboxylic acids is 1. The van der Waals surface area contributed by atoms with Gasteiger partial charge in [0.05, 0.1) is 5.56 Å². The van der Waals surface area contributed by atoms with E-state index < -0.39 is 5.97 Å². The van der Waals surface area contributed by atoms with Gasteiger partial charge in [-0.1, -0.05) is 12.1 Å². The van der Waals surface area contributed by atoms with Gasteiger partial charge in [-0.05, 0) is 38.0 Å². The molecule has 6 nitrogen and oxygen atoms in total. The Morgan fingerprint density at radius 3 is 2.23 bits per heavy atom. The molecule has 0 aliphatic rings. The fourth-order valence-corrected chi connectivity index (χ4v) is 1.87. The van der Waals surface area contributed by atoms with Crippen LogP contribution in [-0.2, 0) is 16.0 Å². The molecule has 0 saturated carbocycles. The molecular formula is C16H22N2O4. The van der Waals surface area contributed by atoms with Crippen LogP contribution >= 0.6 is 0 Å². The second-order valence-electron chi connectivity index (χ2n) is 5.32. The summed E-state index contributed by atoms with van der Waals surface area (Å²) in [6, 6.07) is 6.54. The summed E-state index contributed by atoms with van der Waals surface area (Å²) in [6.45, 7) is 4.08. The number of carboxylic acid groups (broad SMARTS) is 1. The minimum absolute atomic E-state index is 0.0837. The van der Waals surface area contributed by atoms with E-state index in [4.69, 9.17) is 5.11 Å². The number of amides is 2. The molecule has 0 radical (unpaired) electrons. The molecule has 6 heteroatoms. The molecule has 0 unspecified atom stereocenters. The second kappa shape index (κ2) is 8.81. The molecule has 1 aromatic carbocycles. The number of hydrogen-bond donors (Lipinski definition) is 3. The molecule has 3 N–H and O–H groups in total. The minimum atomic E-state index is -0.969. The first-order valence-electron chi connectivity index (χ1n) is 7.26. The number of hydrogen-bond acceptors (Lipinski definition) is 3. The summed E-state index contributed by atoms with van der Waals surface area (Å²) in [7, 11) is 0. The molecule has 0 aliphatic carbocycles. The lowest BCUT2D eigenvalue weighted by Crippen LogP contribution is -2.34. The summed E-state index contributed by atoms with van der Waals surface area (Å²) in [4.78, 5) is 33.8. The third-order valence-corrected chi connectivity index (χ3v) is 2.97. The van der Waals surface area contributed by atoms with Crippen LogP contribution < -0.4 is 10.6 Å². The minimum Gasteiger partial charge on any atom is -0.478 e. The number of carbonyl (C=O) groups is 3. The fraction of sp³-hybridized carbons (Fsp3) is 0.438. The van der Waals surface area contributed by atoms with E-state index in [2.05, 4.69) is 10.6 Å². The van der Waals surface area contributed by atoms with Crippen molar-refractivity contribution >= 4 is 17.8 Å². The number of rotatable bonds is 8. The van der Waals surface area contributed by atoms with Crippen LogP contribution in [0.2, 0.25) is 0 Å². The van der Waals surface area contributed by atoms with E-state index in [-0.39, 0.29) is 29.8 Å². The number of carboxylic acids is 1. The van der Waals surface area contributed by atoms with E-state index in [1.807, 2.05) is 13.8 Å². The zero-order valence-corrected chi connectivity index (χ0v) is 12.9. The van der Waals surface area contributed by atoms with Crippen molar-refractivity contribution in [2.24, 2.45) is 0 Å². The van der Waals surface area contributed by atoms with Crippen LogP contribution in [0.5, 0.6) is 0 Å². The molecule has 0 heterocycles. The van der Waals surface area contributed by atoms with Gasteiger partial charge in [-0.25, -0.2) is 4.79 Å². The summed E-state index contributed by atoms with van der Waals surface area (Å²) in [6.07, 6.45) is 1.10. The Kier molecular flexibility index (Phi) is 7.08. The lowest BCUT2D eigenvalue weighted by molar-refractivity contribution is -0.122. The first-order valence-corrected chi connectivity index (χ1v) is 7.26. The Morgan fingerprint density at radius 1 is 1.05 bits per heavy atom. The zero-order valence-electron chi connectivity index (χ0n) is 12.9. The average Bonchev–Trinajstić information content (AvgIpc) is 2.44. The van der Waals surface area contributed by atoms with Crippen LogP contribution in [0.3, 0.4) is 0 Å². The van der Waals surface area contributed by atoms with Gasteiger partial charge >= 0.3 is 5.97 Å². The molecule has 2 amide bonds. The van der Waals surface area contributed by atoms with Crippen molar-refractivity contribution in [3.05, 3.63) is 35.4 Å². The van der Waals surface area contributed by atoms with Crippen molar-refractivity contribution < 1.29 is 19.5 Å².